The number of amides is 1. The Morgan fingerprint density at radius 1 is 1.03 bits per heavy atom. The smallest absolute Gasteiger partial charge is 0.225 e. The minimum Gasteiger partial charge on any atom is -0.354 e. The number of halogens is 1. The molecule has 0 fully saturated rings. The van der Waals surface area contributed by atoms with Gasteiger partial charge in [0.15, 0.2) is 5.82 Å². The number of hydrogen-bond donors (Lipinski definition) is 2. The largest absolute Gasteiger partial charge is 0.354 e. The monoisotopic (exact) mass is 439 g/mol. The number of aromatic nitrogens is 4. The topological polar surface area (TPSA) is 75.6 Å². The van der Waals surface area contributed by atoms with Crippen molar-refractivity contribution in [2.24, 2.45) is 0 Å². The molecule has 5 rings (SSSR count). The first-order valence-electron chi connectivity index (χ1n) is 10.7. The Balaban J connectivity index is 1.31. The fourth-order valence-corrected chi connectivity index (χ4v) is 3.95. The molecule has 3 aromatic heterocycles. The van der Waals surface area contributed by atoms with Crippen molar-refractivity contribution in [2.45, 2.75) is 19.4 Å². The highest BCUT2D eigenvalue weighted by Gasteiger charge is 2.16. The van der Waals surface area contributed by atoms with E-state index < -0.39 is 0 Å². The van der Waals surface area contributed by atoms with E-state index in [9.17, 15) is 9.18 Å². The first kappa shape index (κ1) is 20.6. The van der Waals surface area contributed by atoms with E-state index in [0.717, 1.165) is 33.4 Å². The fraction of sp³-hybridized carbons (Fsp3) is 0.115. The lowest BCUT2D eigenvalue weighted by molar-refractivity contribution is -0.116. The summed E-state index contributed by atoms with van der Waals surface area (Å²) in [4.78, 5) is 20.3. The number of aromatic amines is 1. The normalized spacial score (nSPS) is 11.1. The number of hydrogen-bond acceptors (Lipinski definition) is 3. The highest BCUT2D eigenvalue weighted by molar-refractivity contribution is 5.93. The maximum Gasteiger partial charge on any atom is 0.225 e. The predicted octanol–water partition coefficient (Wildman–Crippen LogP) is 5.19. The van der Waals surface area contributed by atoms with Crippen molar-refractivity contribution in [3.63, 3.8) is 0 Å². The third kappa shape index (κ3) is 4.67. The van der Waals surface area contributed by atoms with E-state index in [-0.39, 0.29) is 18.1 Å². The molecule has 5 aromatic rings. The highest BCUT2D eigenvalue weighted by atomic mass is 19.1. The van der Waals surface area contributed by atoms with E-state index >= 15 is 0 Å². The Bertz CT molecular complexity index is 1390. The summed E-state index contributed by atoms with van der Waals surface area (Å²) in [5.74, 6) is 0.0392. The molecule has 0 aliphatic rings. The Kier molecular flexibility index (Phi) is 5.68. The van der Waals surface area contributed by atoms with E-state index in [4.69, 9.17) is 0 Å². The van der Waals surface area contributed by atoms with Crippen LogP contribution < -0.4 is 5.32 Å². The third-order valence-electron chi connectivity index (χ3n) is 5.49. The van der Waals surface area contributed by atoms with Gasteiger partial charge in [-0.05, 0) is 47.9 Å². The molecule has 0 spiro atoms. The second kappa shape index (κ2) is 9.08. The van der Waals surface area contributed by atoms with Gasteiger partial charge in [-0.2, -0.15) is 5.10 Å². The second-order valence-electron chi connectivity index (χ2n) is 7.80. The lowest BCUT2D eigenvalue weighted by Crippen LogP contribution is -2.13. The molecule has 2 N–H and O–H groups in total. The van der Waals surface area contributed by atoms with Crippen molar-refractivity contribution < 1.29 is 9.18 Å². The minimum absolute atomic E-state index is 0.150. The van der Waals surface area contributed by atoms with Crippen LogP contribution in [0.15, 0.2) is 85.2 Å². The zero-order valence-corrected chi connectivity index (χ0v) is 17.8. The number of fused-ring (bicyclic) bond motifs is 1. The number of carbonyl (C=O) groups is 1. The standard InChI is InChI=1S/C26H22FN5O/c27-19-9-11-23-22(16-19)21(26(29-23)18-6-2-1-3-7-18)10-12-25(33)30-24-13-15-32(31-24)17-20-8-4-5-14-28-20/h1-9,11,13-16,29H,10,12,17H2,(H,30,31,33). The molecular formula is C26H22FN5O. The van der Waals surface area contributed by atoms with Gasteiger partial charge in [-0.25, -0.2) is 4.39 Å². The molecule has 33 heavy (non-hydrogen) atoms. The number of benzene rings is 2. The molecule has 0 aliphatic heterocycles. The van der Waals surface area contributed by atoms with E-state index in [0.29, 0.717) is 18.8 Å². The number of nitrogens with zero attached hydrogens (tertiary/aromatic N) is 3. The number of nitrogens with one attached hydrogen (secondary N) is 2. The van der Waals surface area contributed by atoms with Gasteiger partial charge >= 0.3 is 0 Å². The molecule has 0 saturated heterocycles. The Labute approximate surface area is 190 Å². The Morgan fingerprint density at radius 2 is 1.88 bits per heavy atom. The van der Waals surface area contributed by atoms with Crippen molar-refractivity contribution in [1.29, 1.82) is 0 Å². The SMILES string of the molecule is O=C(CCc1c(-c2ccccc2)[nH]c2ccc(F)cc12)Nc1ccn(Cc2ccccn2)n1. The quantitative estimate of drug-likeness (QED) is 0.367. The molecule has 2 aromatic carbocycles. The molecule has 0 bridgehead atoms. The van der Waals surface area contributed by atoms with Crippen LogP contribution in [-0.4, -0.2) is 25.7 Å². The number of anilines is 1. The summed E-state index contributed by atoms with van der Waals surface area (Å²) >= 11 is 0. The molecule has 7 heteroatoms. The Hall–Kier alpha value is -4.26. The second-order valence-corrected chi connectivity index (χ2v) is 7.80. The van der Waals surface area contributed by atoms with Gasteiger partial charge in [0.25, 0.3) is 0 Å². The van der Waals surface area contributed by atoms with Crippen LogP contribution >= 0.6 is 0 Å². The van der Waals surface area contributed by atoms with Crippen LogP contribution in [0.3, 0.4) is 0 Å². The van der Waals surface area contributed by atoms with Crippen LogP contribution in [0.5, 0.6) is 0 Å². The molecule has 164 valence electrons. The van der Waals surface area contributed by atoms with Crippen LogP contribution in [0.4, 0.5) is 10.2 Å². The van der Waals surface area contributed by atoms with Gasteiger partial charge in [0.2, 0.25) is 5.91 Å². The first-order chi connectivity index (χ1) is 16.2. The number of pyridine rings is 1. The molecule has 1 amide bonds. The number of carbonyl (C=O) groups excluding carboxylic acids is 1. The van der Waals surface area contributed by atoms with Gasteiger partial charge in [-0.1, -0.05) is 36.4 Å². The summed E-state index contributed by atoms with van der Waals surface area (Å²) in [5, 5.41) is 8.05. The summed E-state index contributed by atoms with van der Waals surface area (Å²) in [6, 6.07) is 22.0. The van der Waals surface area contributed by atoms with Crippen LogP contribution in [0.25, 0.3) is 22.2 Å². The summed E-state index contributed by atoms with van der Waals surface area (Å²) in [5.41, 5.74) is 4.56. The minimum atomic E-state index is -0.301. The number of rotatable bonds is 7. The third-order valence-corrected chi connectivity index (χ3v) is 5.49. The van der Waals surface area contributed by atoms with Crippen LogP contribution in [0.2, 0.25) is 0 Å². The average molecular weight is 439 g/mol. The maximum absolute atomic E-state index is 14.0. The van der Waals surface area contributed by atoms with Gasteiger partial charge in [-0.3, -0.25) is 14.5 Å². The van der Waals surface area contributed by atoms with Crippen molar-refractivity contribution >= 4 is 22.6 Å². The summed E-state index contributed by atoms with van der Waals surface area (Å²) < 4.78 is 15.7. The maximum atomic E-state index is 14.0. The molecule has 0 saturated carbocycles. The molecule has 3 heterocycles. The van der Waals surface area contributed by atoms with E-state index in [1.54, 1.807) is 29.2 Å². The van der Waals surface area contributed by atoms with Gasteiger partial charge < -0.3 is 10.3 Å². The molecule has 6 nitrogen and oxygen atoms in total. The first-order valence-corrected chi connectivity index (χ1v) is 10.7. The summed E-state index contributed by atoms with van der Waals surface area (Å²) in [6.45, 7) is 0.526. The van der Waals surface area contributed by atoms with Gasteiger partial charge in [0.05, 0.1) is 12.2 Å². The van der Waals surface area contributed by atoms with Gasteiger partial charge in [0.1, 0.15) is 5.82 Å². The molecule has 0 unspecified atom stereocenters. The Morgan fingerprint density at radius 3 is 2.70 bits per heavy atom. The highest BCUT2D eigenvalue weighted by Crippen LogP contribution is 2.31. The molecular weight excluding hydrogens is 417 g/mol. The van der Waals surface area contributed by atoms with E-state index in [1.165, 1.54) is 12.1 Å². The average Bonchev–Trinajstić information content (AvgIpc) is 3.42. The lowest BCUT2D eigenvalue weighted by Gasteiger charge is -2.06. The lowest BCUT2D eigenvalue weighted by atomic mass is 10.0. The summed E-state index contributed by atoms with van der Waals surface area (Å²) in [7, 11) is 0. The van der Waals surface area contributed by atoms with Gasteiger partial charge in [0, 0.05) is 41.5 Å². The zero-order chi connectivity index (χ0) is 22.6. The van der Waals surface area contributed by atoms with Crippen molar-refractivity contribution in [3.05, 3.63) is 102 Å². The van der Waals surface area contributed by atoms with E-state index in [1.807, 2.05) is 48.5 Å². The number of H-pyrrole nitrogens is 1. The fourth-order valence-electron chi connectivity index (χ4n) is 3.95. The van der Waals surface area contributed by atoms with Crippen LogP contribution in [0, 0.1) is 5.82 Å². The zero-order valence-electron chi connectivity index (χ0n) is 17.8. The summed E-state index contributed by atoms with van der Waals surface area (Å²) in [6.07, 6.45) is 4.26. The molecule has 0 atom stereocenters. The predicted molar refractivity (Wildman–Crippen MR) is 126 cm³/mol. The van der Waals surface area contributed by atoms with Crippen molar-refractivity contribution in [2.75, 3.05) is 5.32 Å². The van der Waals surface area contributed by atoms with E-state index in [2.05, 4.69) is 20.4 Å². The van der Waals surface area contributed by atoms with Gasteiger partial charge in [-0.15, -0.1) is 0 Å². The van der Waals surface area contributed by atoms with Crippen molar-refractivity contribution in [3.8, 4) is 11.3 Å². The van der Waals surface area contributed by atoms with Crippen LogP contribution in [0.1, 0.15) is 17.7 Å². The molecule has 0 radical (unpaired) electrons. The van der Waals surface area contributed by atoms with Crippen molar-refractivity contribution in [1.82, 2.24) is 19.7 Å². The molecule has 0 aliphatic carbocycles. The number of aryl methyl sites for hydroxylation is 1. The van der Waals surface area contributed by atoms with Crippen LogP contribution in [-0.2, 0) is 17.8 Å².